The zero-order valence-electron chi connectivity index (χ0n) is 7.67. The van der Waals surface area contributed by atoms with Crippen LogP contribution in [0.4, 0.5) is 5.95 Å². The van der Waals surface area contributed by atoms with Gasteiger partial charge in [-0.3, -0.25) is 9.59 Å². The molecule has 6 heteroatoms. The Bertz CT molecular complexity index is 336. The number of primary amides is 1. The lowest BCUT2D eigenvalue weighted by molar-refractivity contribution is -0.116. The number of hydrogen-bond acceptors (Lipinski definition) is 5. The lowest BCUT2D eigenvalue weighted by atomic mass is 10.4. The zero-order chi connectivity index (χ0) is 10.6. The Morgan fingerprint density at radius 2 is 2.14 bits per heavy atom. The summed E-state index contributed by atoms with van der Waals surface area (Å²) in [5.41, 5.74) is 5.38. The SMILES string of the molecule is CN(CC(N)=O)c1ncc(C=O)cn1. The van der Waals surface area contributed by atoms with Gasteiger partial charge in [0.05, 0.1) is 12.1 Å². The van der Waals surface area contributed by atoms with Gasteiger partial charge in [-0.15, -0.1) is 0 Å². The van der Waals surface area contributed by atoms with Gasteiger partial charge in [-0.2, -0.15) is 0 Å². The number of rotatable bonds is 4. The molecule has 0 radical (unpaired) electrons. The van der Waals surface area contributed by atoms with E-state index in [1.54, 1.807) is 7.05 Å². The third kappa shape index (κ3) is 2.51. The molecule has 74 valence electrons. The Morgan fingerprint density at radius 1 is 1.57 bits per heavy atom. The first-order valence-electron chi connectivity index (χ1n) is 3.90. The van der Waals surface area contributed by atoms with Crippen molar-refractivity contribution in [2.24, 2.45) is 5.73 Å². The van der Waals surface area contributed by atoms with Gasteiger partial charge in [0.15, 0.2) is 6.29 Å². The third-order valence-corrected chi connectivity index (χ3v) is 1.53. The van der Waals surface area contributed by atoms with Gasteiger partial charge in [0.2, 0.25) is 11.9 Å². The number of likely N-dealkylation sites (N-methyl/N-ethyl adjacent to an activating group) is 1. The number of carbonyl (C=O) groups excluding carboxylic acids is 2. The van der Waals surface area contributed by atoms with E-state index in [2.05, 4.69) is 9.97 Å². The molecule has 0 bridgehead atoms. The summed E-state index contributed by atoms with van der Waals surface area (Å²) in [4.78, 5) is 30.1. The van der Waals surface area contributed by atoms with Crippen LogP contribution in [0.1, 0.15) is 10.4 Å². The number of anilines is 1. The van der Waals surface area contributed by atoms with Gasteiger partial charge in [0, 0.05) is 19.4 Å². The molecule has 1 aromatic heterocycles. The number of carbonyl (C=O) groups is 2. The van der Waals surface area contributed by atoms with E-state index in [4.69, 9.17) is 5.73 Å². The standard InChI is InChI=1S/C8H10N4O2/c1-12(4-7(9)14)8-10-2-6(5-13)3-11-8/h2-3,5H,4H2,1H3,(H2,9,14). The second kappa shape index (κ2) is 4.31. The van der Waals surface area contributed by atoms with E-state index in [0.717, 1.165) is 0 Å². The van der Waals surface area contributed by atoms with E-state index >= 15 is 0 Å². The molecule has 0 atom stereocenters. The van der Waals surface area contributed by atoms with Gasteiger partial charge < -0.3 is 10.6 Å². The number of aldehydes is 1. The van der Waals surface area contributed by atoms with Crippen LogP contribution in [0.5, 0.6) is 0 Å². The first-order valence-corrected chi connectivity index (χ1v) is 3.90. The molecule has 0 saturated carbocycles. The summed E-state index contributed by atoms with van der Waals surface area (Å²) in [5, 5.41) is 0. The van der Waals surface area contributed by atoms with Gasteiger partial charge in [-0.25, -0.2) is 9.97 Å². The molecule has 2 N–H and O–H groups in total. The van der Waals surface area contributed by atoms with Crippen molar-refractivity contribution < 1.29 is 9.59 Å². The molecular formula is C8H10N4O2. The Balaban J connectivity index is 2.75. The van der Waals surface area contributed by atoms with Crippen molar-refractivity contribution in [3.8, 4) is 0 Å². The average molecular weight is 194 g/mol. The fourth-order valence-corrected chi connectivity index (χ4v) is 0.894. The highest BCUT2D eigenvalue weighted by Gasteiger charge is 2.06. The molecule has 14 heavy (non-hydrogen) atoms. The van der Waals surface area contributed by atoms with Gasteiger partial charge in [-0.1, -0.05) is 0 Å². The highest BCUT2D eigenvalue weighted by Crippen LogP contribution is 2.02. The number of amides is 1. The fraction of sp³-hybridized carbons (Fsp3) is 0.250. The lowest BCUT2D eigenvalue weighted by Gasteiger charge is -2.13. The zero-order valence-corrected chi connectivity index (χ0v) is 7.67. The first-order chi connectivity index (χ1) is 6.63. The fourth-order valence-electron chi connectivity index (χ4n) is 0.894. The van der Waals surface area contributed by atoms with Crippen LogP contribution in [0, 0.1) is 0 Å². The van der Waals surface area contributed by atoms with Crippen molar-refractivity contribution in [2.75, 3.05) is 18.5 Å². The maximum absolute atomic E-state index is 10.6. The molecule has 0 fully saturated rings. The number of aromatic nitrogens is 2. The van der Waals surface area contributed by atoms with Crippen molar-refractivity contribution >= 4 is 18.1 Å². The molecule has 0 saturated heterocycles. The Morgan fingerprint density at radius 3 is 2.57 bits per heavy atom. The van der Waals surface area contributed by atoms with Crippen LogP contribution in [0.3, 0.4) is 0 Å². The summed E-state index contributed by atoms with van der Waals surface area (Å²) in [6.07, 6.45) is 3.41. The minimum atomic E-state index is -0.462. The molecule has 0 aliphatic carbocycles. The van der Waals surface area contributed by atoms with Gasteiger partial charge >= 0.3 is 0 Å². The van der Waals surface area contributed by atoms with E-state index in [1.165, 1.54) is 17.3 Å². The summed E-state index contributed by atoms with van der Waals surface area (Å²) in [7, 11) is 1.64. The quantitative estimate of drug-likeness (QED) is 0.634. The van der Waals surface area contributed by atoms with Crippen molar-refractivity contribution in [1.82, 2.24) is 9.97 Å². The highest BCUT2D eigenvalue weighted by molar-refractivity contribution is 5.78. The molecular weight excluding hydrogens is 184 g/mol. The Kier molecular flexibility index (Phi) is 3.11. The largest absolute Gasteiger partial charge is 0.368 e. The monoisotopic (exact) mass is 194 g/mol. The molecule has 1 heterocycles. The normalized spacial score (nSPS) is 9.50. The van der Waals surface area contributed by atoms with E-state index in [-0.39, 0.29) is 6.54 Å². The van der Waals surface area contributed by atoms with E-state index in [1.807, 2.05) is 0 Å². The molecule has 0 aromatic carbocycles. The van der Waals surface area contributed by atoms with Gasteiger partial charge in [0.1, 0.15) is 0 Å². The van der Waals surface area contributed by atoms with E-state index in [9.17, 15) is 9.59 Å². The first kappa shape index (κ1) is 10.1. The maximum Gasteiger partial charge on any atom is 0.237 e. The van der Waals surface area contributed by atoms with Crippen LogP contribution in [-0.2, 0) is 4.79 Å². The lowest BCUT2D eigenvalue weighted by Crippen LogP contribution is -2.31. The maximum atomic E-state index is 10.6. The average Bonchev–Trinajstić information content (AvgIpc) is 2.17. The van der Waals surface area contributed by atoms with Crippen molar-refractivity contribution in [3.63, 3.8) is 0 Å². The number of nitrogens with zero attached hydrogens (tertiary/aromatic N) is 3. The Labute approximate surface area is 80.8 Å². The molecule has 0 aliphatic heterocycles. The van der Waals surface area contributed by atoms with Crippen molar-refractivity contribution in [1.29, 1.82) is 0 Å². The molecule has 0 aliphatic rings. The topological polar surface area (TPSA) is 89.2 Å². The molecule has 1 aromatic rings. The number of hydrogen-bond donors (Lipinski definition) is 1. The predicted octanol–water partition coefficient (Wildman–Crippen LogP) is -0.789. The van der Waals surface area contributed by atoms with Crippen LogP contribution in [0.25, 0.3) is 0 Å². The molecule has 0 unspecified atom stereocenters. The summed E-state index contributed by atoms with van der Waals surface area (Å²) < 4.78 is 0. The highest BCUT2D eigenvalue weighted by atomic mass is 16.1. The second-order valence-corrected chi connectivity index (χ2v) is 2.76. The van der Waals surface area contributed by atoms with Gasteiger partial charge in [-0.05, 0) is 0 Å². The second-order valence-electron chi connectivity index (χ2n) is 2.76. The van der Waals surface area contributed by atoms with Crippen LogP contribution in [0.2, 0.25) is 0 Å². The summed E-state index contributed by atoms with van der Waals surface area (Å²) >= 11 is 0. The molecule has 6 nitrogen and oxygen atoms in total. The molecule has 0 spiro atoms. The van der Waals surface area contributed by atoms with Gasteiger partial charge in [0.25, 0.3) is 0 Å². The number of nitrogens with two attached hydrogens (primary N) is 1. The van der Waals surface area contributed by atoms with E-state index < -0.39 is 5.91 Å². The smallest absolute Gasteiger partial charge is 0.237 e. The Hall–Kier alpha value is -1.98. The van der Waals surface area contributed by atoms with Crippen molar-refractivity contribution in [2.45, 2.75) is 0 Å². The third-order valence-electron chi connectivity index (χ3n) is 1.53. The summed E-state index contributed by atoms with van der Waals surface area (Å²) in [5.74, 6) is -0.107. The van der Waals surface area contributed by atoms with Crippen LogP contribution >= 0.6 is 0 Å². The summed E-state index contributed by atoms with van der Waals surface area (Å²) in [6.45, 7) is 0.0421. The minimum absolute atomic E-state index is 0.0421. The molecule has 1 rings (SSSR count). The summed E-state index contributed by atoms with van der Waals surface area (Å²) in [6, 6.07) is 0. The predicted molar refractivity (Wildman–Crippen MR) is 49.9 cm³/mol. The van der Waals surface area contributed by atoms with Crippen LogP contribution in [-0.4, -0.2) is 35.8 Å². The molecule has 1 amide bonds. The van der Waals surface area contributed by atoms with Crippen LogP contribution < -0.4 is 10.6 Å². The van der Waals surface area contributed by atoms with Crippen molar-refractivity contribution in [3.05, 3.63) is 18.0 Å². The van der Waals surface area contributed by atoms with E-state index in [0.29, 0.717) is 17.8 Å². The van der Waals surface area contributed by atoms with Crippen LogP contribution in [0.15, 0.2) is 12.4 Å². The minimum Gasteiger partial charge on any atom is -0.368 e.